The van der Waals surface area contributed by atoms with E-state index in [0.29, 0.717) is 30.0 Å². The maximum Gasteiger partial charge on any atom is 0.412 e. The maximum absolute atomic E-state index is 12.3. The number of carbonyl (C=O) groups excluding carboxylic acids is 1. The van der Waals surface area contributed by atoms with Crippen molar-refractivity contribution in [3.63, 3.8) is 0 Å². The third kappa shape index (κ3) is 4.18. The number of anilines is 1. The number of fused-ring (bicyclic) bond motifs is 1. The molecule has 2 N–H and O–H groups in total. The molecule has 4 aromatic rings. The van der Waals surface area contributed by atoms with E-state index in [-0.39, 0.29) is 6.61 Å². The van der Waals surface area contributed by atoms with Gasteiger partial charge in [0.1, 0.15) is 17.7 Å². The highest BCUT2D eigenvalue weighted by molar-refractivity contribution is 7.38. The van der Waals surface area contributed by atoms with Crippen LogP contribution in [0.2, 0.25) is 0 Å². The van der Waals surface area contributed by atoms with Crippen molar-refractivity contribution in [2.75, 3.05) is 5.32 Å². The Labute approximate surface area is 203 Å². The first-order valence-corrected chi connectivity index (χ1v) is 12.2. The lowest BCUT2D eigenvalue weighted by atomic mass is 10.1. The molecule has 1 saturated carbocycles. The fraction of sp³-hybridized carbons (Fsp3) is 0.240. The number of aliphatic carboxylic acids is 1. The fourth-order valence-electron chi connectivity index (χ4n) is 3.61. The summed E-state index contributed by atoms with van der Waals surface area (Å²) in [5, 5.41) is 17.1. The number of benzene rings is 1. The van der Waals surface area contributed by atoms with Gasteiger partial charge >= 0.3 is 12.1 Å². The van der Waals surface area contributed by atoms with Crippen LogP contribution in [-0.4, -0.2) is 22.3 Å². The van der Waals surface area contributed by atoms with Gasteiger partial charge < -0.3 is 14.4 Å². The molecule has 3 heterocycles. The summed E-state index contributed by atoms with van der Waals surface area (Å²) >= 11 is 3.03. The average Bonchev–Trinajstić information content (AvgIpc) is 3.25. The lowest BCUT2D eigenvalue weighted by molar-refractivity contribution is -0.139. The van der Waals surface area contributed by atoms with Crippen molar-refractivity contribution in [1.29, 1.82) is 0 Å². The van der Waals surface area contributed by atoms with Crippen molar-refractivity contribution in [2.24, 2.45) is 0 Å². The van der Waals surface area contributed by atoms with Gasteiger partial charge in [-0.15, -0.1) is 22.7 Å². The van der Waals surface area contributed by atoms with E-state index in [1.165, 1.54) is 22.7 Å². The topological polar surface area (TPSA) is 102 Å². The molecule has 0 atom stereocenters. The molecule has 0 bridgehead atoms. The van der Waals surface area contributed by atoms with E-state index in [2.05, 4.69) is 22.3 Å². The zero-order chi connectivity index (χ0) is 23.9. The van der Waals surface area contributed by atoms with Gasteiger partial charge in [-0.25, -0.2) is 4.79 Å². The zero-order valence-corrected chi connectivity index (χ0v) is 20.1. The van der Waals surface area contributed by atoms with Crippen LogP contribution < -0.4 is 5.32 Å². The van der Waals surface area contributed by atoms with Gasteiger partial charge in [0.2, 0.25) is 0 Å². The van der Waals surface area contributed by atoms with E-state index >= 15 is 0 Å². The second kappa shape index (κ2) is 8.63. The summed E-state index contributed by atoms with van der Waals surface area (Å²) in [5.41, 5.74) is 1.96. The number of aryl methyl sites for hydroxylation is 2. The molecule has 0 saturated heterocycles. The van der Waals surface area contributed by atoms with Gasteiger partial charge in [0.25, 0.3) is 0 Å². The van der Waals surface area contributed by atoms with Crippen molar-refractivity contribution >= 4 is 49.8 Å². The molecule has 172 valence electrons. The van der Waals surface area contributed by atoms with Gasteiger partial charge in [-0.2, -0.15) is 0 Å². The van der Waals surface area contributed by atoms with Crippen LogP contribution in [0.4, 0.5) is 10.5 Å². The van der Waals surface area contributed by atoms with Crippen molar-refractivity contribution in [1.82, 2.24) is 5.16 Å². The van der Waals surface area contributed by atoms with Gasteiger partial charge in [0.05, 0.1) is 8.89 Å². The first-order chi connectivity index (χ1) is 16.4. The predicted molar refractivity (Wildman–Crippen MR) is 130 cm³/mol. The third-order valence-corrected chi connectivity index (χ3v) is 8.37. The van der Waals surface area contributed by atoms with Gasteiger partial charge in [-0.1, -0.05) is 29.4 Å². The molecule has 0 radical (unpaired) electrons. The van der Waals surface area contributed by atoms with Gasteiger partial charge in [-0.05, 0) is 61.8 Å². The molecule has 1 aliphatic rings. The molecule has 0 aliphatic heterocycles. The van der Waals surface area contributed by atoms with Crippen LogP contribution in [0.3, 0.4) is 0 Å². The standard InChI is InChI=1S/C25H20N2O5S2/c1-14-5-3-4-6-16(14)13-31-24(30)26-21-15(2)32-27-19(21)8-7-18-11-17-12-20(34-22(17)33-18)25(9-10-25)23(28)29/h3-6,11-12H,9-10,13H2,1-2H3,(H,26,30)(H,28,29). The molecule has 9 heteroatoms. The highest BCUT2D eigenvalue weighted by Crippen LogP contribution is 2.52. The van der Waals surface area contributed by atoms with E-state index in [1.54, 1.807) is 6.92 Å². The number of rotatable bonds is 5. The van der Waals surface area contributed by atoms with Crippen LogP contribution in [0.5, 0.6) is 0 Å². The Morgan fingerprint density at radius 3 is 2.71 bits per heavy atom. The Hall–Kier alpha value is -3.61. The normalized spacial score (nSPS) is 13.8. The zero-order valence-electron chi connectivity index (χ0n) is 18.4. The Morgan fingerprint density at radius 2 is 2.00 bits per heavy atom. The minimum atomic E-state index is -0.750. The van der Waals surface area contributed by atoms with Crippen LogP contribution >= 0.6 is 22.7 Å². The highest BCUT2D eigenvalue weighted by Gasteiger charge is 2.53. The number of nitrogens with zero attached hydrogens (tertiary/aromatic N) is 1. The second-order valence-corrected chi connectivity index (χ2v) is 10.6. The van der Waals surface area contributed by atoms with Crippen molar-refractivity contribution in [3.8, 4) is 11.8 Å². The van der Waals surface area contributed by atoms with Crippen LogP contribution in [0, 0.1) is 25.7 Å². The van der Waals surface area contributed by atoms with E-state index < -0.39 is 17.5 Å². The third-order valence-electron chi connectivity index (χ3n) is 5.86. The summed E-state index contributed by atoms with van der Waals surface area (Å²) in [7, 11) is 0. The number of nitrogens with one attached hydrogen (secondary N) is 1. The smallest absolute Gasteiger partial charge is 0.412 e. The number of hydrogen-bond donors (Lipinski definition) is 2. The number of ether oxygens (including phenoxy) is 1. The number of amides is 1. The van der Waals surface area contributed by atoms with Crippen molar-refractivity contribution < 1.29 is 24.0 Å². The summed E-state index contributed by atoms with van der Waals surface area (Å²) in [6.45, 7) is 3.80. The SMILES string of the molecule is Cc1ccccc1COC(=O)Nc1c(C#Cc2cc3cc(C4(C(=O)O)CC4)sc3s2)noc1C. The predicted octanol–water partition coefficient (Wildman–Crippen LogP) is 5.83. The molecule has 1 amide bonds. The number of carboxylic acids is 1. The molecule has 1 fully saturated rings. The maximum atomic E-state index is 12.3. The van der Waals surface area contributed by atoms with E-state index in [4.69, 9.17) is 9.26 Å². The summed E-state index contributed by atoms with van der Waals surface area (Å²) in [5.74, 6) is 5.71. The molecule has 1 aromatic carbocycles. The molecule has 0 unspecified atom stereocenters. The van der Waals surface area contributed by atoms with Crippen molar-refractivity contribution in [2.45, 2.75) is 38.7 Å². The Balaban J connectivity index is 1.29. The van der Waals surface area contributed by atoms with E-state index in [9.17, 15) is 14.7 Å². The summed E-state index contributed by atoms with van der Waals surface area (Å²) < 4.78 is 11.6. The first-order valence-electron chi connectivity index (χ1n) is 10.6. The minimum Gasteiger partial charge on any atom is -0.481 e. The number of aromatic nitrogens is 1. The van der Waals surface area contributed by atoms with E-state index in [0.717, 1.165) is 30.3 Å². The number of hydrogen-bond acceptors (Lipinski definition) is 7. The van der Waals surface area contributed by atoms with Gasteiger partial charge in [0, 0.05) is 10.3 Å². The molecule has 34 heavy (non-hydrogen) atoms. The first kappa shape index (κ1) is 22.2. The summed E-state index contributed by atoms with van der Waals surface area (Å²) in [6.07, 6.45) is 0.767. The Bertz CT molecular complexity index is 1450. The monoisotopic (exact) mass is 492 g/mol. The van der Waals surface area contributed by atoms with Crippen LogP contribution in [0.25, 0.3) is 9.40 Å². The minimum absolute atomic E-state index is 0.154. The molecule has 5 rings (SSSR count). The molecule has 3 aromatic heterocycles. The Morgan fingerprint density at radius 1 is 1.21 bits per heavy atom. The van der Waals surface area contributed by atoms with Crippen molar-refractivity contribution in [3.05, 3.63) is 68.7 Å². The quantitative estimate of drug-likeness (QED) is 0.340. The summed E-state index contributed by atoms with van der Waals surface area (Å²) in [4.78, 5) is 25.6. The fourth-order valence-corrected chi connectivity index (χ4v) is 6.14. The average molecular weight is 493 g/mol. The number of thiophene rings is 2. The lowest BCUT2D eigenvalue weighted by Gasteiger charge is -2.08. The second-order valence-electron chi connectivity index (χ2n) is 8.19. The molecule has 0 spiro atoms. The molecule has 7 nitrogen and oxygen atoms in total. The van der Waals surface area contributed by atoms with Gasteiger partial charge in [0.15, 0.2) is 11.5 Å². The number of carbonyl (C=O) groups is 2. The molecule has 1 aliphatic carbocycles. The van der Waals surface area contributed by atoms with Crippen LogP contribution in [0.1, 0.15) is 45.2 Å². The van der Waals surface area contributed by atoms with Gasteiger partial charge in [-0.3, -0.25) is 10.1 Å². The highest BCUT2D eigenvalue weighted by atomic mass is 32.2. The molecular formula is C25H20N2O5S2. The van der Waals surface area contributed by atoms with E-state index in [1.807, 2.05) is 43.3 Å². The summed E-state index contributed by atoms with van der Waals surface area (Å²) in [6, 6.07) is 11.6. The largest absolute Gasteiger partial charge is 0.481 e. The Kier molecular flexibility index (Phi) is 5.63. The lowest BCUT2D eigenvalue weighted by Crippen LogP contribution is -2.17. The van der Waals surface area contributed by atoms with Crippen LogP contribution in [0.15, 0.2) is 40.9 Å². The molecular weight excluding hydrogens is 472 g/mol. The number of carboxylic acid groups (broad SMARTS) is 1. The van der Waals surface area contributed by atoms with Crippen LogP contribution in [-0.2, 0) is 21.6 Å².